The van der Waals surface area contributed by atoms with Crippen LogP contribution < -0.4 is 5.32 Å². The molecule has 0 saturated heterocycles. The number of hydrogen-bond donors (Lipinski definition) is 1. The molecule has 0 aliphatic rings. The van der Waals surface area contributed by atoms with Gasteiger partial charge < -0.3 is 5.32 Å². The average molecular weight is 303 g/mol. The molecule has 0 saturated carbocycles. The number of thiazole rings is 1. The summed E-state index contributed by atoms with van der Waals surface area (Å²) in [7, 11) is 0. The van der Waals surface area contributed by atoms with E-state index < -0.39 is 0 Å². The first-order valence-corrected chi connectivity index (χ1v) is 8.04. The summed E-state index contributed by atoms with van der Waals surface area (Å²) in [6, 6.07) is 8.03. The maximum atomic E-state index is 12.1. The molecule has 112 valence electrons. The van der Waals surface area contributed by atoms with Gasteiger partial charge in [-0.2, -0.15) is 0 Å². The Morgan fingerprint density at radius 3 is 2.43 bits per heavy atom. The van der Waals surface area contributed by atoms with Crippen LogP contribution in [-0.4, -0.2) is 28.9 Å². The van der Waals surface area contributed by atoms with Crippen molar-refractivity contribution in [3.05, 3.63) is 45.9 Å². The predicted molar refractivity (Wildman–Crippen MR) is 87.9 cm³/mol. The van der Waals surface area contributed by atoms with Crippen molar-refractivity contribution in [1.29, 1.82) is 0 Å². The zero-order chi connectivity index (χ0) is 15.2. The molecule has 1 aromatic carbocycles. The summed E-state index contributed by atoms with van der Waals surface area (Å²) in [6.07, 6.45) is 0. The van der Waals surface area contributed by atoms with Crippen LogP contribution in [0, 0.1) is 6.92 Å². The van der Waals surface area contributed by atoms with Gasteiger partial charge in [-0.15, -0.1) is 11.3 Å². The van der Waals surface area contributed by atoms with Crippen molar-refractivity contribution >= 4 is 22.9 Å². The topological polar surface area (TPSA) is 45.2 Å². The van der Waals surface area contributed by atoms with E-state index >= 15 is 0 Å². The average Bonchev–Trinajstić information content (AvgIpc) is 2.92. The van der Waals surface area contributed by atoms with Crippen molar-refractivity contribution in [3.8, 4) is 0 Å². The lowest BCUT2D eigenvalue weighted by Crippen LogP contribution is -2.22. The number of benzene rings is 1. The van der Waals surface area contributed by atoms with Gasteiger partial charge in [0.15, 0.2) is 0 Å². The van der Waals surface area contributed by atoms with Gasteiger partial charge in [-0.3, -0.25) is 9.69 Å². The minimum absolute atomic E-state index is 0.0912. The minimum Gasteiger partial charge on any atom is -0.321 e. The van der Waals surface area contributed by atoms with E-state index in [0.717, 1.165) is 31.0 Å². The van der Waals surface area contributed by atoms with Crippen molar-refractivity contribution < 1.29 is 4.79 Å². The van der Waals surface area contributed by atoms with Crippen molar-refractivity contribution in [2.24, 2.45) is 0 Å². The lowest BCUT2D eigenvalue weighted by atomic mass is 10.2. The van der Waals surface area contributed by atoms with Gasteiger partial charge in [0.25, 0.3) is 5.91 Å². The SMILES string of the molecule is CCN(CC)Cc1ccc(NC(=O)c2scnc2C)cc1. The third-order valence-corrected chi connectivity index (χ3v) is 4.39. The Kier molecular flexibility index (Phi) is 5.47. The normalized spacial score (nSPS) is 10.9. The van der Waals surface area contributed by atoms with E-state index in [-0.39, 0.29) is 5.91 Å². The molecule has 1 heterocycles. The maximum Gasteiger partial charge on any atom is 0.267 e. The first kappa shape index (κ1) is 15.7. The van der Waals surface area contributed by atoms with Gasteiger partial charge in [0.1, 0.15) is 4.88 Å². The maximum absolute atomic E-state index is 12.1. The number of nitrogens with one attached hydrogen (secondary N) is 1. The van der Waals surface area contributed by atoms with Crippen LogP contribution in [0.4, 0.5) is 5.69 Å². The molecular weight excluding hydrogens is 282 g/mol. The van der Waals surface area contributed by atoms with E-state index in [0.29, 0.717) is 4.88 Å². The first-order chi connectivity index (χ1) is 10.1. The summed E-state index contributed by atoms with van der Waals surface area (Å²) in [5, 5.41) is 2.91. The van der Waals surface area contributed by atoms with Crippen LogP contribution in [0.5, 0.6) is 0 Å². The molecule has 0 fully saturated rings. The van der Waals surface area contributed by atoms with E-state index in [1.807, 2.05) is 19.1 Å². The van der Waals surface area contributed by atoms with Gasteiger partial charge in [0.05, 0.1) is 11.2 Å². The first-order valence-electron chi connectivity index (χ1n) is 7.16. The van der Waals surface area contributed by atoms with Crippen molar-refractivity contribution in [2.45, 2.75) is 27.3 Å². The molecule has 0 spiro atoms. The largest absolute Gasteiger partial charge is 0.321 e. The molecule has 0 atom stereocenters. The second-order valence-electron chi connectivity index (χ2n) is 4.88. The fraction of sp³-hybridized carbons (Fsp3) is 0.375. The molecule has 0 bridgehead atoms. The van der Waals surface area contributed by atoms with E-state index in [9.17, 15) is 4.79 Å². The lowest BCUT2D eigenvalue weighted by molar-refractivity contribution is 0.103. The molecule has 0 unspecified atom stereocenters. The Morgan fingerprint density at radius 2 is 1.90 bits per heavy atom. The Labute approximate surface area is 129 Å². The Bertz CT molecular complexity index is 588. The summed E-state index contributed by atoms with van der Waals surface area (Å²) in [6.45, 7) is 9.19. The predicted octanol–water partition coefficient (Wildman–Crippen LogP) is 3.55. The highest BCUT2D eigenvalue weighted by Crippen LogP contribution is 2.16. The monoisotopic (exact) mass is 303 g/mol. The lowest BCUT2D eigenvalue weighted by Gasteiger charge is -2.18. The minimum atomic E-state index is -0.0912. The number of carbonyl (C=O) groups is 1. The number of anilines is 1. The van der Waals surface area contributed by atoms with E-state index in [1.54, 1.807) is 5.51 Å². The van der Waals surface area contributed by atoms with E-state index in [2.05, 4.69) is 41.2 Å². The molecule has 5 heteroatoms. The van der Waals surface area contributed by atoms with Crippen molar-refractivity contribution in [2.75, 3.05) is 18.4 Å². The molecule has 21 heavy (non-hydrogen) atoms. The van der Waals surface area contributed by atoms with Gasteiger partial charge in [0, 0.05) is 12.2 Å². The van der Waals surface area contributed by atoms with Gasteiger partial charge in [-0.25, -0.2) is 4.98 Å². The number of aryl methyl sites for hydroxylation is 1. The number of rotatable bonds is 6. The molecule has 2 aromatic rings. The second-order valence-corrected chi connectivity index (χ2v) is 5.73. The van der Waals surface area contributed by atoms with Gasteiger partial charge in [0.2, 0.25) is 0 Å². The van der Waals surface area contributed by atoms with Crippen LogP contribution in [0.3, 0.4) is 0 Å². The molecule has 0 aliphatic carbocycles. The highest BCUT2D eigenvalue weighted by atomic mass is 32.1. The number of hydrogen-bond acceptors (Lipinski definition) is 4. The zero-order valence-electron chi connectivity index (χ0n) is 12.7. The summed E-state index contributed by atoms with van der Waals surface area (Å²) in [5.41, 5.74) is 4.54. The van der Waals surface area contributed by atoms with Crippen LogP contribution in [0.25, 0.3) is 0 Å². The summed E-state index contributed by atoms with van der Waals surface area (Å²) >= 11 is 1.36. The molecule has 0 aliphatic heterocycles. The van der Waals surface area contributed by atoms with Crippen LogP contribution in [0.15, 0.2) is 29.8 Å². The van der Waals surface area contributed by atoms with E-state index in [1.165, 1.54) is 16.9 Å². The van der Waals surface area contributed by atoms with Gasteiger partial charge in [-0.05, 0) is 37.7 Å². The molecule has 1 amide bonds. The summed E-state index contributed by atoms with van der Waals surface area (Å²) < 4.78 is 0. The summed E-state index contributed by atoms with van der Waals surface area (Å²) in [5.74, 6) is -0.0912. The van der Waals surface area contributed by atoms with Crippen LogP contribution >= 0.6 is 11.3 Å². The molecule has 0 radical (unpaired) electrons. The standard InChI is InChI=1S/C16H21N3OS/c1-4-19(5-2)10-13-6-8-14(9-7-13)18-16(20)15-12(3)17-11-21-15/h6-9,11H,4-5,10H2,1-3H3,(H,18,20). The number of amides is 1. The highest BCUT2D eigenvalue weighted by Gasteiger charge is 2.11. The third kappa shape index (κ3) is 4.12. The molecule has 1 aromatic heterocycles. The number of aromatic nitrogens is 1. The van der Waals surface area contributed by atoms with Crippen LogP contribution in [-0.2, 0) is 6.54 Å². The van der Waals surface area contributed by atoms with Crippen molar-refractivity contribution in [3.63, 3.8) is 0 Å². The molecule has 2 rings (SSSR count). The Morgan fingerprint density at radius 1 is 1.24 bits per heavy atom. The molecular formula is C16H21N3OS. The smallest absolute Gasteiger partial charge is 0.267 e. The Hall–Kier alpha value is -1.72. The van der Waals surface area contributed by atoms with E-state index in [4.69, 9.17) is 0 Å². The van der Waals surface area contributed by atoms with Gasteiger partial charge in [-0.1, -0.05) is 26.0 Å². The number of carbonyl (C=O) groups excluding carboxylic acids is 1. The fourth-order valence-electron chi connectivity index (χ4n) is 2.11. The van der Waals surface area contributed by atoms with Crippen molar-refractivity contribution in [1.82, 2.24) is 9.88 Å². The van der Waals surface area contributed by atoms with Crippen LogP contribution in [0.1, 0.15) is 34.8 Å². The summed E-state index contributed by atoms with van der Waals surface area (Å²) in [4.78, 5) is 19.2. The van der Waals surface area contributed by atoms with Gasteiger partial charge >= 0.3 is 0 Å². The second kappa shape index (κ2) is 7.33. The fourth-order valence-corrected chi connectivity index (χ4v) is 2.80. The quantitative estimate of drug-likeness (QED) is 0.887. The molecule has 4 nitrogen and oxygen atoms in total. The highest BCUT2D eigenvalue weighted by molar-refractivity contribution is 7.12. The molecule has 1 N–H and O–H groups in total. The zero-order valence-corrected chi connectivity index (χ0v) is 13.5. The third-order valence-electron chi connectivity index (χ3n) is 3.46. The Balaban J connectivity index is 1.99. The van der Waals surface area contributed by atoms with Crippen LogP contribution in [0.2, 0.25) is 0 Å². The number of nitrogens with zero attached hydrogens (tertiary/aromatic N) is 2.